The number of anilines is 1. The Kier molecular flexibility index (Phi) is 8.61. The molecule has 0 radical (unpaired) electrons. The lowest BCUT2D eigenvalue weighted by molar-refractivity contribution is -0.123. The predicted octanol–water partition coefficient (Wildman–Crippen LogP) is 4.47. The van der Waals surface area contributed by atoms with Gasteiger partial charge >= 0.3 is 0 Å². The third kappa shape index (κ3) is 6.74. The highest BCUT2D eigenvalue weighted by molar-refractivity contribution is 5.97. The lowest BCUT2D eigenvalue weighted by atomic mass is 9.85. The van der Waals surface area contributed by atoms with Crippen LogP contribution in [-0.4, -0.2) is 44.6 Å². The van der Waals surface area contributed by atoms with Gasteiger partial charge in [0.2, 0.25) is 5.91 Å². The van der Waals surface area contributed by atoms with Gasteiger partial charge in [-0.3, -0.25) is 9.59 Å². The van der Waals surface area contributed by atoms with Gasteiger partial charge in [-0.15, -0.1) is 0 Å². The molecule has 1 heterocycles. The van der Waals surface area contributed by atoms with Crippen molar-refractivity contribution in [2.24, 2.45) is 5.92 Å². The van der Waals surface area contributed by atoms with Crippen LogP contribution >= 0.6 is 0 Å². The molecule has 1 atom stereocenters. The molecule has 2 aromatic carbocycles. The van der Waals surface area contributed by atoms with Crippen LogP contribution in [0.5, 0.6) is 5.75 Å². The zero-order chi connectivity index (χ0) is 24.6. The van der Waals surface area contributed by atoms with E-state index >= 15 is 0 Å². The summed E-state index contributed by atoms with van der Waals surface area (Å²) in [6.07, 6.45) is 8.55. The Morgan fingerprint density at radius 2 is 1.97 bits per heavy atom. The van der Waals surface area contributed by atoms with Crippen LogP contribution in [0, 0.1) is 11.7 Å². The second kappa shape index (κ2) is 12.0. The molecular formula is C28H36FN3O3. The van der Waals surface area contributed by atoms with Crippen molar-refractivity contribution in [3.8, 4) is 5.75 Å². The highest BCUT2D eigenvalue weighted by Gasteiger charge is 2.25. The van der Waals surface area contributed by atoms with Gasteiger partial charge in [-0.1, -0.05) is 38.2 Å². The highest BCUT2D eigenvalue weighted by atomic mass is 19.1. The van der Waals surface area contributed by atoms with Crippen LogP contribution in [0.1, 0.15) is 60.9 Å². The van der Waals surface area contributed by atoms with Crippen molar-refractivity contribution in [1.29, 1.82) is 0 Å². The minimum atomic E-state index is -0.587. The van der Waals surface area contributed by atoms with Crippen molar-refractivity contribution >= 4 is 17.5 Å². The van der Waals surface area contributed by atoms with Crippen molar-refractivity contribution in [3.05, 3.63) is 59.4 Å². The summed E-state index contributed by atoms with van der Waals surface area (Å²) in [5.41, 5.74) is 2.51. The molecule has 6 nitrogen and oxygen atoms in total. The zero-order valence-corrected chi connectivity index (χ0v) is 20.5. The number of benzene rings is 2. The third-order valence-electron chi connectivity index (χ3n) is 7.26. The number of rotatable bonds is 10. The second-order valence-corrected chi connectivity index (χ2v) is 9.64. The number of fused-ring (bicyclic) bond motifs is 1. The smallest absolute Gasteiger partial charge is 0.252 e. The van der Waals surface area contributed by atoms with Gasteiger partial charge in [0, 0.05) is 30.9 Å². The number of nitrogens with one attached hydrogen (secondary N) is 2. The molecular weight excluding hydrogens is 445 g/mol. The van der Waals surface area contributed by atoms with E-state index in [1.807, 2.05) is 0 Å². The van der Waals surface area contributed by atoms with Crippen LogP contribution in [0.4, 0.5) is 10.1 Å². The largest absolute Gasteiger partial charge is 0.497 e. The number of nitrogens with zero attached hydrogens (tertiary/aromatic N) is 1. The molecule has 0 bridgehead atoms. The number of hydrogen-bond donors (Lipinski definition) is 2. The maximum absolute atomic E-state index is 13.5. The Balaban J connectivity index is 1.35. The summed E-state index contributed by atoms with van der Waals surface area (Å²) in [6.45, 7) is 1.92. The van der Waals surface area contributed by atoms with Gasteiger partial charge in [-0.2, -0.15) is 0 Å². The van der Waals surface area contributed by atoms with Crippen molar-refractivity contribution in [3.63, 3.8) is 0 Å². The first-order valence-electron chi connectivity index (χ1n) is 12.8. The van der Waals surface area contributed by atoms with E-state index in [2.05, 4.69) is 15.5 Å². The van der Waals surface area contributed by atoms with E-state index in [1.54, 1.807) is 43.5 Å². The molecule has 35 heavy (non-hydrogen) atoms. The van der Waals surface area contributed by atoms with Gasteiger partial charge in [0.1, 0.15) is 17.6 Å². The van der Waals surface area contributed by atoms with Gasteiger partial charge in [0.15, 0.2) is 0 Å². The number of methoxy groups -OCH3 is 1. The zero-order valence-electron chi connectivity index (χ0n) is 20.5. The van der Waals surface area contributed by atoms with Gasteiger partial charge < -0.3 is 20.3 Å². The van der Waals surface area contributed by atoms with E-state index in [0.717, 1.165) is 30.6 Å². The fourth-order valence-electron chi connectivity index (χ4n) is 5.26. The molecule has 4 rings (SSSR count). The minimum Gasteiger partial charge on any atom is -0.497 e. The molecule has 2 aromatic rings. The first kappa shape index (κ1) is 25.0. The molecule has 1 saturated carbocycles. The SMILES string of the molecule is COc1cccc(C(=O)N[C@@H](CCC2CCCCC2)C(=O)NCCN2CCc3cc(F)ccc32)c1. The summed E-state index contributed by atoms with van der Waals surface area (Å²) in [5, 5.41) is 5.99. The number of amides is 2. The Labute approximate surface area is 207 Å². The molecule has 0 saturated heterocycles. The van der Waals surface area contributed by atoms with E-state index in [9.17, 15) is 14.0 Å². The Morgan fingerprint density at radius 1 is 1.14 bits per heavy atom. The molecule has 1 aliphatic heterocycles. The maximum Gasteiger partial charge on any atom is 0.252 e. The quantitative estimate of drug-likeness (QED) is 0.525. The molecule has 1 fully saturated rings. The number of halogens is 1. The predicted molar refractivity (Wildman–Crippen MR) is 135 cm³/mol. The van der Waals surface area contributed by atoms with E-state index in [4.69, 9.17) is 4.74 Å². The Hall–Kier alpha value is -3.09. The fraction of sp³-hybridized carbons (Fsp3) is 0.500. The van der Waals surface area contributed by atoms with Crippen molar-refractivity contribution in [1.82, 2.24) is 10.6 Å². The average molecular weight is 482 g/mol. The van der Waals surface area contributed by atoms with E-state index in [-0.39, 0.29) is 17.6 Å². The lowest BCUT2D eigenvalue weighted by Gasteiger charge is -2.25. The summed E-state index contributed by atoms with van der Waals surface area (Å²) in [4.78, 5) is 28.3. The Bertz CT molecular complexity index is 1020. The average Bonchev–Trinajstić information content (AvgIpc) is 3.28. The first-order valence-corrected chi connectivity index (χ1v) is 12.8. The molecule has 2 aliphatic rings. The van der Waals surface area contributed by atoms with Crippen LogP contribution in [0.3, 0.4) is 0 Å². The number of carbonyl (C=O) groups excluding carboxylic acids is 2. The fourth-order valence-corrected chi connectivity index (χ4v) is 5.26. The summed E-state index contributed by atoms with van der Waals surface area (Å²) in [5.74, 6) is 0.575. The molecule has 7 heteroatoms. The molecule has 0 unspecified atom stereocenters. The standard InChI is InChI=1S/C28H36FN3O3/c1-35-24-9-5-8-22(19-24)27(33)31-25(12-10-20-6-3-2-4-7-20)28(34)30-15-17-32-16-14-21-18-23(29)11-13-26(21)32/h5,8-9,11,13,18-20,25H,2-4,6-7,10,12,14-17H2,1H3,(H,30,34)(H,31,33)/t25-/m0/s1. The molecule has 0 aromatic heterocycles. The highest BCUT2D eigenvalue weighted by Crippen LogP contribution is 2.29. The van der Waals surface area contributed by atoms with E-state index in [0.29, 0.717) is 36.7 Å². The van der Waals surface area contributed by atoms with Crippen molar-refractivity contribution < 1.29 is 18.7 Å². The normalized spacial score (nSPS) is 16.5. The first-order chi connectivity index (χ1) is 17.0. The maximum atomic E-state index is 13.5. The van der Waals surface area contributed by atoms with Gasteiger partial charge in [0.05, 0.1) is 7.11 Å². The molecule has 1 aliphatic carbocycles. The number of ether oxygens (including phenoxy) is 1. The molecule has 0 spiro atoms. The van der Waals surface area contributed by atoms with Gasteiger partial charge in [-0.25, -0.2) is 4.39 Å². The minimum absolute atomic E-state index is 0.157. The topological polar surface area (TPSA) is 70.7 Å². The number of hydrogen-bond acceptors (Lipinski definition) is 4. The van der Waals surface area contributed by atoms with Gasteiger partial charge in [0.25, 0.3) is 5.91 Å². The van der Waals surface area contributed by atoms with E-state index in [1.165, 1.54) is 38.2 Å². The van der Waals surface area contributed by atoms with Crippen LogP contribution in [0.15, 0.2) is 42.5 Å². The number of carbonyl (C=O) groups is 2. The summed E-state index contributed by atoms with van der Waals surface area (Å²) < 4.78 is 18.7. The van der Waals surface area contributed by atoms with Crippen LogP contribution in [-0.2, 0) is 11.2 Å². The van der Waals surface area contributed by atoms with E-state index < -0.39 is 6.04 Å². The third-order valence-corrected chi connectivity index (χ3v) is 7.26. The summed E-state index contributed by atoms with van der Waals surface area (Å²) in [7, 11) is 1.56. The van der Waals surface area contributed by atoms with Crippen LogP contribution < -0.4 is 20.3 Å². The second-order valence-electron chi connectivity index (χ2n) is 9.64. The van der Waals surface area contributed by atoms with Crippen molar-refractivity contribution in [2.75, 3.05) is 31.6 Å². The molecule has 188 valence electrons. The van der Waals surface area contributed by atoms with Gasteiger partial charge in [-0.05, 0) is 67.1 Å². The van der Waals surface area contributed by atoms with Crippen LogP contribution in [0.2, 0.25) is 0 Å². The Morgan fingerprint density at radius 3 is 2.77 bits per heavy atom. The van der Waals surface area contributed by atoms with Crippen molar-refractivity contribution in [2.45, 2.75) is 57.4 Å². The monoisotopic (exact) mass is 481 g/mol. The molecule has 2 N–H and O–H groups in total. The summed E-state index contributed by atoms with van der Waals surface area (Å²) >= 11 is 0. The van der Waals surface area contributed by atoms with Crippen LogP contribution in [0.25, 0.3) is 0 Å². The lowest BCUT2D eigenvalue weighted by Crippen LogP contribution is -2.48. The molecule has 2 amide bonds. The summed E-state index contributed by atoms with van der Waals surface area (Å²) in [6, 6.07) is 11.2.